The highest BCUT2D eigenvalue weighted by atomic mass is 16.5. The number of anilines is 1. The summed E-state index contributed by atoms with van der Waals surface area (Å²) in [6, 6.07) is 16.2. The first-order chi connectivity index (χ1) is 12.5. The van der Waals surface area contributed by atoms with Gasteiger partial charge in [0.05, 0.1) is 6.10 Å². The quantitative estimate of drug-likeness (QED) is 0.713. The molecule has 0 aliphatic heterocycles. The first-order valence-corrected chi connectivity index (χ1v) is 8.53. The van der Waals surface area contributed by atoms with E-state index in [0.717, 1.165) is 5.56 Å². The van der Waals surface area contributed by atoms with Gasteiger partial charge >= 0.3 is 6.03 Å². The number of ether oxygens (including phenoxy) is 1. The lowest BCUT2D eigenvalue weighted by atomic mass is 10.1. The van der Waals surface area contributed by atoms with E-state index in [-0.39, 0.29) is 24.1 Å². The zero-order valence-corrected chi connectivity index (χ0v) is 15.3. The van der Waals surface area contributed by atoms with E-state index in [1.165, 1.54) is 0 Å². The molecular weight excluding hydrogens is 330 g/mol. The van der Waals surface area contributed by atoms with Gasteiger partial charge in [0.15, 0.2) is 0 Å². The Morgan fingerprint density at radius 1 is 1.04 bits per heavy atom. The predicted octanol–water partition coefficient (Wildman–Crippen LogP) is 3.33. The number of amides is 3. The maximum atomic E-state index is 12.4. The molecule has 0 bridgehead atoms. The van der Waals surface area contributed by atoms with Gasteiger partial charge in [-0.2, -0.15) is 0 Å². The van der Waals surface area contributed by atoms with Crippen molar-refractivity contribution >= 4 is 17.6 Å². The van der Waals surface area contributed by atoms with E-state index in [4.69, 9.17) is 4.74 Å². The van der Waals surface area contributed by atoms with Crippen molar-refractivity contribution in [1.29, 1.82) is 0 Å². The van der Waals surface area contributed by atoms with E-state index in [1.807, 2.05) is 44.2 Å². The van der Waals surface area contributed by atoms with E-state index in [1.54, 1.807) is 31.4 Å². The van der Waals surface area contributed by atoms with Crippen LogP contribution in [0.25, 0.3) is 0 Å². The van der Waals surface area contributed by atoms with Crippen molar-refractivity contribution in [3.8, 4) is 0 Å². The first-order valence-electron chi connectivity index (χ1n) is 8.53. The number of carbonyl (C=O) groups excluding carboxylic acids is 2. The molecule has 6 heteroatoms. The number of hydrogen-bond donors (Lipinski definition) is 3. The van der Waals surface area contributed by atoms with Crippen LogP contribution in [0.2, 0.25) is 0 Å². The van der Waals surface area contributed by atoms with E-state index in [2.05, 4.69) is 16.0 Å². The third-order valence-electron chi connectivity index (χ3n) is 3.71. The van der Waals surface area contributed by atoms with Gasteiger partial charge in [-0.1, -0.05) is 36.4 Å². The molecule has 0 spiro atoms. The summed E-state index contributed by atoms with van der Waals surface area (Å²) in [7, 11) is 1.61. The maximum Gasteiger partial charge on any atom is 0.319 e. The molecule has 0 fully saturated rings. The SMILES string of the molecule is CO[C@H](CNC(=O)c1cccc(NC(=O)NC(C)C)c1)c1ccccc1. The molecule has 0 saturated carbocycles. The summed E-state index contributed by atoms with van der Waals surface area (Å²) in [5, 5.41) is 8.32. The molecule has 0 radical (unpaired) electrons. The second kappa shape index (κ2) is 9.58. The van der Waals surface area contributed by atoms with Crippen LogP contribution in [0.15, 0.2) is 54.6 Å². The lowest BCUT2D eigenvalue weighted by Crippen LogP contribution is -2.34. The number of rotatable bonds is 7. The molecule has 2 rings (SSSR count). The van der Waals surface area contributed by atoms with Crippen LogP contribution in [0.3, 0.4) is 0 Å². The van der Waals surface area contributed by atoms with Gasteiger partial charge in [0, 0.05) is 30.9 Å². The predicted molar refractivity (Wildman–Crippen MR) is 102 cm³/mol. The number of urea groups is 1. The summed E-state index contributed by atoms with van der Waals surface area (Å²) in [6.07, 6.45) is -0.224. The molecule has 0 unspecified atom stereocenters. The van der Waals surface area contributed by atoms with Crippen molar-refractivity contribution in [2.45, 2.75) is 26.0 Å². The Morgan fingerprint density at radius 3 is 2.42 bits per heavy atom. The standard InChI is InChI=1S/C20H25N3O3/c1-14(2)22-20(25)23-17-11-7-10-16(12-17)19(24)21-13-18(26-3)15-8-5-4-6-9-15/h4-12,14,18H,13H2,1-3H3,(H,21,24)(H2,22,23,25)/t18-/m1/s1. The Labute approximate surface area is 153 Å². The second-order valence-corrected chi connectivity index (χ2v) is 6.18. The maximum absolute atomic E-state index is 12.4. The highest BCUT2D eigenvalue weighted by Crippen LogP contribution is 2.16. The molecule has 2 aromatic rings. The molecule has 0 saturated heterocycles. The second-order valence-electron chi connectivity index (χ2n) is 6.18. The van der Waals surface area contributed by atoms with Crippen LogP contribution in [0, 0.1) is 0 Å². The minimum atomic E-state index is -0.305. The van der Waals surface area contributed by atoms with Gasteiger partial charge in [0.1, 0.15) is 0 Å². The topological polar surface area (TPSA) is 79.5 Å². The van der Waals surface area contributed by atoms with Crippen LogP contribution < -0.4 is 16.0 Å². The van der Waals surface area contributed by atoms with Gasteiger partial charge < -0.3 is 20.7 Å². The van der Waals surface area contributed by atoms with E-state index in [9.17, 15) is 9.59 Å². The molecule has 0 aliphatic rings. The highest BCUT2D eigenvalue weighted by molar-refractivity contribution is 5.96. The van der Waals surface area contributed by atoms with Crippen molar-refractivity contribution in [3.05, 3.63) is 65.7 Å². The molecule has 138 valence electrons. The highest BCUT2D eigenvalue weighted by Gasteiger charge is 2.13. The van der Waals surface area contributed by atoms with E-state index >= 15 is 0 Å². The Bertz CT molecular complexity index is 732. The average Bonchev–Trinajstić information content (AvgIpc) is 2.62. The van der Waals surface area contributed by atoms with Crippen LogP contribution in [0.1, 0.15) is 35.9 Å². The van der Waals surface area contributed by atoms with Crippen LogP contribution in [-0.4, -0.2) is 31.6 Å². The minimum absolute atomic E-state index is 0.0328. The Balaban J connectivity index is 1.96. The van der Waals surface area contributed by atoms with Crippen LogP contribution in [0.5, 0.6) is 0 Å². The third kappa shape index (κ3) is 5.89. The molecule has 0 heterocycles. The van der Waals surface area contributed by atoms with Crippen LogP contribution in [0.4, 0.5) is 10.5 Å². The molecule has 1 atom stereocenters. The average molecular weight is 355 g/mol. The van der Waals surface area contributed by atoms with Crippen LogP contribution >= 0.6 is 0 Å². The van der Waals surface area contributed by atoms with Crippen molar-refractivity contribution in [2.75, 3.05) is 19.0 Å². The van der Waals surface area contributed by atoms with Gasteiger partial charge in [-0.3, -0.25) is 4.79 Å². The number of methoxy groups -OCH3 is 1. The number of carbonyl (C=O) groups is 2. The van der Waals surface area contributed by atoms with Crippen molar-refractivity contribution in [2.24, 2.45) is 0 Å². The smallest absolute Gasteiger partial charge is 0.319 e. The molecule has 0 aromatic heterocycles. The normalized spacial score (nSPS) is 11.7. The Kier molecular flexibility index (Phi) is 7.17. The molecule has 6 nitrogen and oxygen atoms in total. The van der Waals surface area contributed by atoms with E-state index < -0.39 is 0 Å². The van der Waals surface area contributed by atoms with E-state index in [0.29, 0.717) is 17.8 Å². The Morgan fingerprint density at radius 2 is 1.77 bits per heavy atom. The van der Waals surface area contributed by atoms with Crippen molar-refractivity contribution < 1.29 is 14.3 Å². The molecule has 26 heavy (non-hydrogen) atoms. The molecule has 2 aromatic carbocycles. The summed E-state index contributed by atoms with van der Waals surface area (Å²) in [6.45, 7) is 4.11. The molecular formula is C20H25N3O3. The zero-order valence-electron chi connectivity index (χ0n) is 15.3. The summed E-state index contributed by atoms with van der Waals surface area (Å²) in [5.41, 5.74) is 2.02. The van der Waals surface area contributed by atoms with Crippen LogP contribution in [-0.2, 0) is 4.74 Å². The summed E-state index contributed by atoms with van der Waals surface area (Å²) in [4.78, 5) is 24.2. The first kappa shape index (κ1) is 19.5. The molecule has 0 aliphatic carbocycles. The fourth-order valence-electron chi connectivity index (χ4n) is 2.46. The number of benzene rings is 2. The fraction of sp³-hybridized carbons (Fsp3) is 0.300. The largest absolute Gasteiger partial charge is 0.375 e. The summed E-state index contributed by atoms with van der Waals surface area (Å²) < 4.78 is 5.46. The van der Waals surface area contributed by atoms with Gasteiger partial charge in [0.25, 0.3) is 5.91 Å². The van der Waals surface area contributed by atoms with Gasteiger partial charge in [-0.05, 0) is 37.6 Å². The summed E-state index contributed by atoms with van der Waals surface area (Å²) >= 11 is 0. The summed E-state index contributed by atoms with van der Waals surface area (Å²) in [5.74, 6) is -0.226. The van der Waals surface area contributed by atoms with Crippen molar-refractivity contribution in [1.82, 2.24) is 10.6 Å². The lowest BCUT2D eigenvalue weighted by Gasteiger charge is -2.17. The van der Waals surface area contributed by atoms with Gasteiger partial charge in [-0.25, -0.2) is 4.79 Å². The van der Waals surface area contributed by atoms with Gasteiger partial charge in [-0.15, -0.1) is 0 Å². The third-order valence-corrected chi connectivity index (χ3v) is 3.71. The fourth-order valence-corrected chi connectivity index (χ4v) is 2.46. The Hall–Kier alpha value is -2.86. The molecule has 3 amide bonds. The van der Waals surface area contributed by atoms with Crippen molar-refractivity contribution in [3.63, 3.8) is 0 Å². The number of hydrogen-bond acceptors (Lipinski definition) is 3. The monoisotopic (exact) mass is 355 g/mol. The number of nitrogens with one attached hydrogen (secondary N) is 3. The minimum Gasteiger partial charge on any atom is -0.375 e. The zero-order chi connectivity index (χ0) is 18.9. The molecule has 3 N–H and O–H groups in total. The lowest BCUT2D eigenvalue weighted by molar-refractivity contribution is 0.0828. The van der Waals surface area contributed by atoms with Gasteiger partial charge in [0.2, 0.25) is 0 Å².